The summed E-state index contributed by atoms with van der Waals surface area (Å²) >= 11 is 5.81. The van der Waals surface area contributed by atoms with E-state index in [0.717, 1.165) is 5.56 Å². The van der Waals surface area contributed by atoms with Gasteiger partial charge in [-0.05, 0) is 37.0 Å². The standard InChI is InChI=1S/C15H19ClN2O3/c16-12-5-2-11(3-6-12)4-7-13(19)18-9-1-8-15(21,10-18)14(17)20/h2-3,5-6,21H,1,4,7-10H2,(H2,17,20)/t15-/m0/s1. The van der Waals surface area contributed by atoms with E-state index < -0.39 is 11.5 Å². The zero-order valence-corrected chi connectivity index (χ0v) is 12.5. The Morgan fingerprint density at radius 3 is 2.62 bits per heavy atom. The van der Waals surface area contributed by atoms with Crippen LogP contribution in [-0.4, -0.2) is 40.5 Å². The second-order valence-corrected chi connectivity index (χ2v) is 5.88. The molecule has 1 atom stereocenters. The van der Waals surface area contributed by atoms with Crippen molar-refractivity contribution in [3.8, 4) is 0 Å². The van der Waals surface area contributed by atoms with Gasteiger partial charge in [-0.2, -0.15) is 0 Å². The van der Waals surface area contributed by atoms with Crippen molar-refractivity contribution in [3.63, 3.8) is 0 Å². The summed E-state index contributed by atoms with van der Waals surface area (Å²) in [6, 6.07) is 7.33. The van der Waals surface area contributed by atoms with Crippen molar-refractivity contribution in [2.75, 3.05) is 13.1 Å². The molecule has 0 radical (unpaired) electrons. The number of benzene rings is 1. The molecule has 3 N–H and O–H groups in total. The molecule has 1 aromatic carbocycles. The third-order valence-corrected chi connectivity index (χ3v) is 4.07. The third-order valence-electron chi connectivity index (χ3n) is 3.82. The number of aryl methyl sites for hydroxylation is 1. The van der Waals surface area contributed by atoms with E-state index in [4.69, 9.17) is 17.3 Å². The van der Waals surface area contributed by atoms with Gasteiger partial charge in [0, 0.05) is 18.0 Å². The molecular weight excluding hydrogens is 292 g/mol. The topological polar surface area (TPSA) is 83.6 Å². The molecule has 1 aromatic rings. The van der Waals surface area contributed by atoms with Gasteiger partial charge in [0.25, 0.3) is 5.91 Å². The van der Waals surface area contributed by atoms with Crippen molar-refractivity contribution in [1.29, 1.82) is 0 Å². The van der Waals surface area contributed by atoms with Gasteiger partial charge < -0.3 is 15.7 Å². The fourth-order valence-electron chi connectivity index (χ4n) is 2.51. The molecule has 1 saturated heterocycles. The van der Waals surface area contributed by atoms with Gasteiger partial charge in [0.15, 0.2) is 5.60 Å². The van der Waals surface area contributed by atoms with Gasteiger partial charge in [-0.25, -0.2) is 0 Å². The maximum absolute atomic E-state index is 12.2. The predicted molar refractivity (Wildman–Crippen MR) is 79.7 cm³/mol. The third kappa shape index (κ3) is 3.95. The fourth-order valence-corrected chi connectivity index (χ4v) is 2.64. The molecule has 6 heteroatoms. The molecule has 114 valence electrons. The van der Waals surface area contributed by atoms with Crippen LogP contribution in [0.3, 0.4) is 0 Å². The molecule has 1 heterocycles. The van der Waals surface area contributed by atoms with E-state index in [0.29, 0.717) is 37.3 Å². The Labute approximate surface area is 128 Å². The summed E-state index contributed by atoms with van der Waals surface area (Å²) in [6.07, 6.45) is 1.81. The van der Waals surface area contributed by atoms with Crippen LogP contribution in [0.5, 0.6) is 0 Å². The van der Waals surface area contributed by atoms with Crippen LogP contribution < -0.4 is 5.73 Å². The smallest absolute Gasteiger partial charge is 0.251 e. The Hall–Kier alpha value is -1.59. The lowest BCUT2D eigenvalue weighted by Gasteiger charge is -2.37. The molecule has 0 spiro atoms. The summed E-state index contributed by atoms with van der Waals surface area (Å²) in [5, 5.41) is 10.8. The molecule has 5 nitrogen and oxygen atoms in total. The van der Waals surface area contributed by atoms with Crippen LogP contribution in [0, 0.1) is 0 Å². The maximum atomic E-state index is 12.2. The van der Waals surface area contributed by atoms with E-state index in [2.05, 4.69) is 0 Å². The van der Waals surface area contributed by atoms with Crippen LogP contribution in [-0.2, 0) is 16.0 Å². The first-order chi connectivity index (χ1) is 9.90. The Morgan fingerprint density at radius 2 is 2.00 bits per heavy atom. The molecule has 0 aliphatic carbocycles. The first-order valence-electron chi connectivity index (χ1n) is 6.95. The molecular formula is C15H19ClN2O3. The van der Waals surface area contributed by atoms with Gasteiger partial charge >= 0.3 is 0 Å². The van der Waals surface area contributed by atoms with Crippen LogP contribution in [0.25, 0.3) is 0 Å². The Morgan fingerprint density at radius 1 is 1.33 bits per heavy atom. The molecule has 2 rings (SSSR count). The zero-order chi connectivity index (χ0) is 15.5. The molecule has 1 fully saturated rings. The number of amides is 2. The van der Waals surface area contributed by atoms with E-state index in [1.807, 2.05) is 12.1 Å². The van der Waals surface area contributed by atoms with Gasteiger partial charge in [-0.1, -0.05) is 23.7 Å². The number of primary amides is 1. The average Bonchev–Trinajstić information content (AvgIpc) is 2.46. The Balaban J connectivity index is 1.91. The van der Waals surface area contributed by atoms with Gasteiger partial charge in [-0.3, -0.25) is 9.59 Å². The number of hydrogen-bond donors (Lipinski definition) is 2. The summed E-state index contributed by atoms with van der Waals surface area (Å²) in [5.74, 6) is -0.845. The zero-order valence-electron chi connectivity index (χ0n) is 11.7. The molecule has 1 aliphatic rings. The number of carbonyl (C=O) groups is 2. The molecule has 21 heavy (non-hydrogen) atoms. The fraction of sp³-hybridized carbons (Fsp3) is 0.467. The van der Waals surface area contributed by atoms with Crippen LogP contribution in [0.4, 0.5) is 0 Å². The van der Waals surface area contributed by atoms with Crippen molar-refractivity contribution in [1.82, 2.24) is 4.90 Å². The lowest BCUT2D eigenvalue weighted by Crippen LogP contribution is -2.57. The molecule has 0 aromatic heterocycles. The summed E-state index contributed by atoms with van der Waals surface area (Å²) in [4.78, 5) is 25.0. The highest BCUT2D eigenvalue weighted by Gasteiger charge is 2.39. The molecule has 2 amide bonds. The van der Waals surface area contributed by atoms with Crippen molar-refractivity contribution >= 4 is 23.4 Å². The van der Waals surface area contributed by atoms with Gasteiger partial charge in [0.1, 0.15) is 0 Å². The number of nitrogens with two attached hydrogens (primary N) is 1. The van der Waals surface area contributed by atoms with E-state index >= 15 is 0 Å². The minimum Gasteiger partial charge on any atom is -0.378 e. The number of carbonyl (C=O) groups excluding carboxylic acids is 2. The maximum Gasteiger partial charge on any atom is 0.251 e. The summed E-state index contributed by atoms with van der Waals surface area (Å²) < 4.78 is 0. The second-order valence-electron chi connectivity index (χ2n) is 5.44. The van der Waals surface area contributed by atoms with E-state index in [-0.39, 0.29) is 12.5 Å². The number of likely N-dealkylation sites (tertiary alicyclic amines) is 1. The SMILES string of the molecule is NC(=O)[C@]1(O)CCCN(C(=O)CCc2ccc(Cl)cc2)C1. The molecule has 1 aliphatic heterocycles. The average molecular weight is 311 g/mol. The highest BCUT2D eigenvalue weighted by atomic mass is 35.5. The number of β-amino-alcohol motifs (C(OH)–C–C–N with tert-alkyl or cyclic N) is 1. The summed E-state index contributed by atoms with van der Waals surface area (Å²) in [5.41, 5.74) is 4.64. The quantitative estimate of drug-likeness (QED) is 0.874. The number of piperidine rings is 1. The number of halogens is 1. The number of aliphatic hydroxyl groups is 1. The number of hydrogen-bond acceptors (Lipinski definition) is 3. The lowest BCUT2D eigenvalue weighted by molar-refractivity contribution is -0.148. The van der Waals surface area contributed by atoms with Crippen LogP contribution in [0.1, 0.15) is 24.8 Å². The lowest BCUT2D eigenvalue weighted by atomic mass is 9.92. The van der Waals surface area contributed by atoms with E-state index in [1.165, 1.54) is 4.90 Å². The Kier molecular flexibility index (Phi) is 4.85. The first-order valence-corrected chi connectivity index (χ1v) is 7.33. The second kappa shape index (κ2) is 6.45. The highest BCUT2D eigenvalue weighted by molar-refractivity contribution is 6.30. The summed E-state index contributed by atoms with van der Waals surface area (Å²) in [6.45, 7) is 0.539. The number of nitrogens with zero attached hydrogens (tertiary/aromatic N) is 1. The van der Waals surface area contributed by atoms with Gasteiger partial charge in [0.2, 0.25) is 5.91 Å². The van der Waals surface area contributed by atoms with Crippen LogP contribution in [0.15, 0.2) is 24.3 Å². The van der Waals surface area contributed by atoms with Crippen molar-refractivity contribution < 1.29 is 14.7 Å². The van der Waals surface area contributed by atoms with Crippen LogP contribution >= 0.6 is 11.6 Å². The summed E-state index contributed by atoms with van der Waals surface area (Å²) in [7, 11) is 0. The van der Waals surface area contributed by atoms with Crippen LogP contribution in [0.2, 0.25) is 5.02 Å². The largest absolute Gasteiger partial charge is 0.378 e. The number of rotatable bonds is 4. The minimum atomic E-state index is -1.59. The van der Waals surface area contributed by atoms with Crippen molar-refractivity contribution in [2.45, 2.75) is 31.3 Å². The highest BCUT2D eigenvalue weighted by Crippen LogP contribution is 2.21. The molecule has 0 saturated carbocycles. The Bertz CT molecular complexity index is 532. The van der Waals surface area contributed by atoms with E-state index in [9.17, 15) is 14.7 Å². The van der Waals surface area contributed by atoms with Crippen molar-refractivity contribution in [3.05, 3.63) is 34.9 Å². The van der Waals surface area contributed by atoms with Gasteiger partial charge in [0.05, 0.1) is 6.54 Å². The predicted octanol–water partition coefficient (Wildman–Crippen LogP) is 1.11. The van der Waals surface area contributed by atoms with E-state index in [1.54, 1.807) is 12.1 Å². The van der Waals surface area contributed by atoms with Gasteiger partial charge in [-0.15, -0.1) is 0 Å². The minimum absolute atomic E-state index is 0.0121. The van der Waals surface area contributed by atoms with Crippen molar-refractivity contribution in [2.24, 2.45) is 5.73 Å². The first kappa shape index (κ1) is 15.8. The monoisotopic (exact) mass is 310 g/mol. The molecule has 0 bridgehead atoms. The molecule has 0 unspecified atom stereocenters. The normalized spacial score (nSPS) is 22.1.